The Hall–Kier alpha value is -3.55. The zero-order chi connectivity index (χ0) is 17.9. The number of hydrogen-bond acceptors (Lipinski definition) is 6. The molecule has 3 aromatic heterocycles. The van der Waals surface area contributed by atoms with E-state index in [4.69, 9.17) is 4.52 Å². The molecule has 0 spiro atoms. The van der Waals surface area contributed by atoms with Crippen LogP contribution in [0, 0.1) is 0 Å². The normalized spacial score (nSPS) is 11.0. The highest BCUT2D eigenvalue weighted by atomic mass is 16.5. The summed E-state index contributed by atoms with van der Waals surface area (Å²) in [5.41, 5.74) is 2.14. The average molecular weight is 348 g/mol. The second kappa shape index (κ2) is 6.75. The Morgan fingerprint density at radius 3 is 2.81 bits per heavy atom. The highest BCUT2D eigenvalue weighted by Crippen LogP contribution is 2.17. The topological polar surface area (TPSA) is 98.2 Å². The SMILES string of the molecule is CCc1nnc2ccc(-c3noc(CNC(=O)c4ccccc4)n3)cn12. The lowest BCUT2D eigenvalue weighted by atomic mass is 10.2. The fraction of sp³-hybridized carbons (Fsp3) is 0.167. The maximum Gasteiger partial charge on any atom is 0.251 e. The van der Waals surface area contributed by atoms with E-state index < -0.39 is 0 Å². The number of carbonyl (C=O) groups excluding carboxylic acids is 1. The van der Waals surface area contributed by atoms with E-state index in [1.165, 1.54) is 0 Å². The molecule has 1 N–H and O–H groups in total. The summed E-state index contributed by atoms with van der Waals surface area (Å²) in [6, 6.07) is 12.7. The van der Waals surface area contributed by atoms with Gasteiger partial charge in [-0.1, -0.05) is 30.3 Å². The molecule has 0 atom stereocenters. The molecule has 8 heteroatoms. The van der Waals surface area contributed by atoms with Crippen LogP contribution in [0.4, 0.5) is 0 Å². The number of hydrogen-bond donors (Lipinski definition) is 1. The van der Waals surface area contributed by atoms with Crippen LogP contribution in [0.3, 0.4) is 0 Å². The number of pyridine rings is 1. The lowest BCUT2D eigenvalue weighted by Gasteiger charge is -2.01. The molecule has 0 aliphatic heterocycles. The molecular weight excluding hydrogens is 332 g/mol. The molecule has 0 aliphatic carbocycles. The monoisotopic (exact) mass is 348 g/mol. The molecule has 26 heavy (non-hydrogen) atoms. The Morgan fingerprint density at radius 2 is 2.00 bits per heavy atom. The van der Waals surface area contributed by atoms with Gasteiger partial charge in [-0.25, -0.2) is 0 Å². The van der Waals surface area contributed by atoms with Gasteiger partial charge in [0, 0.05) is 23.7 Å². The van der Waals surface area contributed by atoms with E-state index in [1.54, 1.807) is 12.1 Å². The van der Waals surface area contributed by atoms with Crippen LogP contribution < -0.4 is 5.32 Å². The first-order valence-corrected chi connectivity index (χ1v) is 8.24. The fourth-order valence-corrected chi connectivity index (χ4v) is 2.60. The number of rotatable bonds is 5. The first kappa shape index (κ1) is 15.9. The molecule has 0 saturated carbocycles. The Balaban J connectivity index is 1.50. The van der Waals surface area contributed by atoms with Gasteiger partial charge in [0.15, 0.2) is 5.65 Å². The van der Waals surface area contributed by atoms with Crippen LogP contribution in [0.2, 0.25) is 0 Å². The zero-order valence-electron chi connectivity index (χ0n) is 14.1. The smallest absolute Gasteiger partial charge is 0.251 e. The molecule has 0 saturated heterocycles. The van der Waals surface area contributed by atoms with Crippen LogP contribution in [0.25, 0.3) is 17.0 Å². The lowest BCUT2D eigenvalue weighted by Crippen LogP contribution is -2.22. The standard InChI is InChI=1S/C18H16N6O2/c1-2-14-21-22-15-9-8-13(11-24(14)15)17-20-16(26-23-17)10-19-18(25)12-6-4-3-5-7-12/h3-9,11H,2,10H2,1H3,(H,19,25). The van der Waals surface area contributed by atoms with Crippen molar-refractivity contribution in [1.82, 2.24) is 30.1 Å². The third kappa shape index (κ3) is 3.04. The lowest BCUT2D eigenvalue weighted by molar-refractivity contribution is 0.0946. The van der Waals surface area contributed by atoms with E-state index in [0.29, 0.717) is 17.3 Å². The largest absolute Gasteiger partial charge is 0.343 e. The second-order valence-electron chi connectivity index (χ2n) is 5.68. The molecule has 3 heterocycles. The molecule has 0 radical (unpaired) electrons. The summed E-state index contributed by atoms with van der Waals surface area (Å²) in [7, 11) is 0. The molecule has 130 valence electrons. The quantitative estimate of drug-likeness (QED) is 0.594. The minimum absolute atomic E-state index is 0.163. The summed E-state index contributed by atoms with van der Waals surface area (Å²) in [6.45, 7) is 2.18. The zero-order valence-corrected chi connectivity index (χ0v) is 14.1. The predicted molar refractivity (Wildman–Crippen MR) is 93.3 cm³/mol. The van der Waals surface area contributed by atoms with Crippen molar-refractivity contribution >= 4 is 11.6 Å². The van der Waals surface area contributed by atoms with Gasteiger partial charge in [-0.2, -0.15) is 4.98 Å². The van der Waals surface area contributed by atoms with Crippen LogP contribution >= 0.6 is 0 Å². The number of aryl methyl sites for hydroxylation is 1. The molecule has 0 bridgehead atoms. The van der Waals surface area contributed by atoms with Crippen molar-refractivity contribution in [3.8, 4) is 11.4 Å². The predicted octanol–water partition coefficient (Wildman–Crippen LogP) is 2.27. The minimum atomic E-state index is -0.191. The van der Waals surface area contributed by atoms with E-state index in [1.807, 2.05) is 47.9 Å². The first-order chi connectivity index (χ1) is 12.7. The number of amides is 1. The molecule has 0 unspecified atom stereocenters. The van der Waals surface area contributed by atoms with Gasteiger partial charge < -0.3 is 9.84 Å². The molecule has 0 fully saturated rings. The van der Waals surface area contributed by atoms with Gasteiger partial charge in [-0.3, -0.25) is 9.20 Å². The summed E-state index contributed by atoms with van der Waals surface area (Å²) in [5, 5.41) is 15.0. The van der Waals surface area contributed by atoms with Crippen LogP contribution in [0.1, 0.15) is 29.0 Å². The van der Waals surface area contributed by atoms with Crippen molar-refractivity contribution < 1.29 is 9.32 Å². The maximum atomic E-state index is 12.1. The third-order valence-electron chi connectivity index (χ3n) is 3.95. The van der Waals surface area contributed by atoms with Crippen molar-refractivity contribution in [3.63, 3.8) is 0 Å². The van der Waals surface area contributed by atoms with Crippen LogP contribution in [0.5, 0.6) is 0 Å². The minimum Gasteiger partial charge on any atom is -0.343 e. The van der Waals surface area contributed by atoms with Crippen molar-refractivity contribution in [1.29, 1.82) is 0 Å². The Bertz CT molecular complexity index is 1050. The van der Waals surface area contributed by atoms with Crippen molar-refractivity contribution in [3.05, 3.63) is 65.9 Å². The maximum absolute atomic E-state index is 12.1. The number of aromatic nitrogens is 5. The Kier molecular flexibility index (Phi) is 4.14. The molecule has 4 aromatic rings. The number of carbonyl (C=O) groups is 1. The van der Waals surface area contributed by atoms with Gasteiger partial charge in [0.05, 0.1) is 6.54 Å². The van der Waals surface area contributed by atoms with Crippen LogP contribution in [-0.4, -0.2) is 30.6 Å². The van der Waals surface area contributed by atoms with Gasteiger partial charge in [-0.15, -0.1) is 10.2 Å². The van der Waals surface area contributed by atoms with E-state index in [9.17, 15) is 4.79 Å². The van der Waals surface area contributed by atoms with Gasteiger partial charge >= 0.3 is 0 Å². The Labute approximate surface area is 148 Å². The fourth-order valence-electron chi connectivity index (χ4n) is 2.60. The molecule has 1 aromatic carbocycles. The van der Waals surface area contributed by atoms with Crippen molar-refractivity contribution in [2.24, 2.45) is 0 Å². The van der Waals surface area contributed by atoms with Crippen LogP contribution in [0.15, 0.2) is 53.2 Å². The highest BCUT2D eigenvalue weighted by molar-refractivity contribution is 5.93. The number of nitrogens with one attached hydrogen (secondary N) is 1. The second-order valence-corrected chi connectivity index (χ2v) is 5.68. The summed E-state index contributed by atoms with van der Waals surface area (Å²) < 4.78 is 7.14. The van der Waals surface area contributed by atoms with E-state index in [2.05, 4.69) is 25.7 Å². The summed E-state index contributed by atoms with van der Waals surface area (Å²) in [5.74, 6) is 1.46. The van der Waals surface area contributed by atoms with Gasteiger partial charge in [0.25, 0.3) is 5.91 Å². The third-order valence-corrected chi connectivity index (χ3v) is 3.95. The Morgan fingerprint density at radius 1 is 1.15 bits per heavy atom. The molecular formula is C18H16N6O2. The van der Waals surface area contributed by atoms with Crippen molar-refractivity contribution in [2.75, 3.05) is 0 Å². The summed E-state index contributed by atoms with van der Waals surface area (Å²) in [4.78, 5) is 16.4. The molecule has 1 amide bonds. The molecule has 0 aliphatic rings. The number of nitrogens with zero attached hydrogens (tertiary/aromatic N) is 5. The van der Waals surface area contributed by atoms with Crippen LogP contribution in [-0.2, 0) is 13.0 Å². The average Bonchev–Trinajstić information content (AvgIpc) is 3.33. The number of benzene rings is 1. The van der Waals surface area contributed by atoms with Gasteiger partial charge in [0.2, 0.25) is 11.7 Å². The summed E-state index contributed by atoms with van der Waals surface area (Å²) >= 11 is 0. The van der Waals surface area contributed by atoms with E-state index >= 15 is 0 Å². The van der Waals surface area contributed by atoms with E-state index in [-0.39, 0.29) is 12.5 Å². The number of fused-ring (bicyclic) bond motifs is 1. The van der Waals surface area contributed by atoms with Crippen molar-refractivity contribution in [2.45, 2.75) is 19.9 Å². The highest BCUT2D eigenvalue weighted by Gasteiger charge is 2.12. The molecule has 8 nitrogen and oxygen atoms in total. The van der Waals surface area contributed by atoms with Gasteiger partial charge in [0.1, 0.15) is 5.82 Å². The first-order valence-electron chi connectivity index (χ1n) is 8.24. The van der Waals surface area contributed by atoms with Gasteiger partial charge in [-0.05, 0) is 24.3 Å². The molecule has 4 rings (SSSR count). The van der Waals surface area contributed by atoms with E-state index in [0.717, 1.165) is 23.5 Å². The summed E-state index contributed by atoms with van der Waals surface area (Å²) in [6.07, 6.45) is 2.65.